The van der Waals surface area contributed by atoms with Crippen molar-refractivity contribution in [2.75, 3.05) is 31.9 Å². The lowest BCUT2D eigenvalue weighted by Gasteiger charge is -2.37. The highest BCUT2D eigenvalue weighted by atomic mass is 19.1. The molecule has 9 heteroatoms. The zero-order chi connectivity index (χ0) is 21.8. The first-order valence-corrected chi connectivity index (χ1v) is 10.8. The van der Waals surface area contributed by atoms with Gasteiger partial charge in [0, 0.05) is 31.7 Å². The number of anilines is 1. The first kappa shape index (κ1) is 21.5. The Balaban J connectivity index is 1.23. The standard InChI is InChI=1S/C22H28F2N6O/c23-17-1-2-19(27-13-17)20(24)15-6-11-30(12-7-15)21(31)16-4-9-29(10-5-16)14-18-3-8-26-22(25)28-18/h1-3,8,13,15-16,20H,4-7,9-12,14H2,(H2,25,26,28). The minimum Gasteiger partial charge on any atom is -0.368 e. The van der Waals surface area contributed by atoms with Gasteiger partial charge in [-0.1, -0.05) is 0 Å². The van der Waals surface area contributed by atoms with Crippen LogP contribution in [0.15, 0.2) is 30.6 Å². The van der Waals surface area contributed by atoms with Crippen molar-refractivity contribution in [1.82, 2.24) is 24.8 Å². The van der Waals surface area contributed by atoms with Crippen LogP contribution in [0.25, 0.3) is 0 Å². The van der Waals surface area contributed by atoms with Crippen LogP contribution in [0.5, 0.6) is 0 Å². The molecular weight excluding hydrogens is 402 g/mol. The Hall–Kier alpha value is -2.68. The number of amides is 1. The Bertz CT molecular complexity index is 880. The summed E-state index contributed by atoms with van der Waals surface area (Å²) in [5, 5.41) is 0. The molecule has 0 bridgehead atoms. The minimum atomic E-state index is -1.23. The summed E-state index contributed by atoms with van der Waals surface area (Å²) < 4.78 is 27.8. The second-order valence-corrected chi connectivity index (χ2v) is 8.42. The maximum Gasteiger partial charge on any atom is 0.225 e. The van der Waals surface area contributed by atoms with Gasteiger partial charge in [0.1, 0.15) is 12.0 Å². The van der Waals surface area contributed by atoms with Gasteiger partial charge in [-0.25, -0.2) is 18.7 Å². The summed E-state index contributed by atoms with van der Waals surface area (Å²) >= 11 is 0. The van der Waals surface area contributed by atoms with E-state index >= 15 is 0 Å². The lowest BCUT2D eigenvalue weighted by atomic mass is 9.88. The molecule has 4 heterocycles. The van der Waals surface area contributed by atoms with Gasteiger partial charge in [0.2, 0.25) is 11.9 Å². The van der Waals surface area contributed by atoms with Crippen LogP contribution >= 0.6 is 0 Å². The van der Waals surface area contributed by atoms with Crippen molar-refractivity contribution in [3.8, 4) is 0 Å². The van der Waals surface area contributed by atoms with Gasteiger partial charge in [-0.05, 0) is 62.9 Å². The van der Waals surface area contributed by atoms with Crippen molar-refractivity contribution in [3.05, 3.63) is 47.8 Å². The van der Waals surface area contributed by atoms with E-state index in [9.17, 15) is 13.6 Å². The monoisotopic (exact) mass is 430 g/mol. The maximum absolute atomic E-state index is 14.8. The topological polar surface area (TPSA) is 88.2 Å². The maximum atomic E-state index is 14.8. The van der Waals surface area contributed by atoms with E-state index in [1.807, 2.05) is 11.0 Å². The number of rotatable bonds is 5. The number of carbonyl (C=O) groups excluding carboxylic acids is 1. The SMILES string of the molecule is Nc1nccc(CN2CCC(C(=O)N3CCC(C(F)c4ccc(F)cn4)CC3)CC2)n1. The first-order valence-electron chi connectivity index (χ1n) is 10.8. The molecule has 0 aliphatic carbocycles. The molecule has 1 atom stereocenters. The number of likely N-dealkylation sites (tertiary alicyclic amines) is 2. The number of hydrogen-bond donors (Lipinski definition) is 1. The summed E-state index contributed by atoms with van der Waals surface area (Å²) in [7, 11) is 0. The molecule has 4 rings (SSSR count). The molecule has 166 valence electrons. The second-order valence-electron chi connectivity index (χ2n) is 8.42. The molecule has 2 aromatic rings. The first-order chi connectivity index (χ1) is 15.0. The van der Waals surface area contributed by atoms with Gasteiger partial charge >= 0.3 is 0 Å². The Morgan fingerprint density at radius 1 is 1.10 bits per heavy atom. The van der Waals surface area contributed by atoms with E-state index in [4.69, 9.17) is 5.73 Å². The van der Waals surface area contributed by atoms with Gasteiger partial charge in [-0.15, -0.1) is 0 Å². The Kier molecular flexibility index (Phi) is 6.70. The number of nitrogens with two attached hydrogens (primary N) is 1. The molecule has 0 radical (unpaired) electrons. The molecule has 2 aromatic heterocycles. The molecular formula is C22H28F2N6O. The predicted molar refractivity (Wildman–Crippen MR) is 112 cm³/mol. The van der Waals surface area contributed by atoms with Gasteiger partial charge in [-0.3, -0.25) is 14.7 Å². The molecule has 0 spiro atoms. The van der Waals surface area contributed by atoms with Crippen LogP contribution in [0, 0.1) is 17.7 Å². The summed E-state index contributed by atoms with van der Waals surface area (Å²) in [6.07, 6.45) is 4.30. The number of nitrogens with zero attached hydrogens (tertiary/aromatic N) is 5. The summed E-state index contributed by atoms with van der Waals surface area (Å²) in [5.41, 5.74) is 6.80. The lowest BCUT2D eigenvalue weighted by molar-refractivity contribution is -0.138. The Morgan fingerprint density at radius 3 is 2.48 bits per heavy atom. The van der Waals surface area contributed by atoms with Crippen LogP contribution in [0.1, 0.15) is 43.2 Å². The number of aromatic nitrogens is 3. The quantitative estimate of drug-likeness (QED) is 0.785. The van der Waals surface area contributed by atoms with Crippen LogP contribution in [-0.4, -0.2) is 56.8 Å². The fourth-order valence-electron chi connectivity index (χ4n) is 4.53. The number of alkyl halides is 1. The van der Waals surface area contributed by atoms with Crippen molar-refractivity contribution in [2.24, 2.45) is 11.8 Å². The zero-order valence-electron chi connectivity index (χ0n) is 17.5. The number of hydrogen-bond acceptors (Lipinski definition) is 6. The molecule has 0 aromatic carbocycles. The third-order valence-electron chi connectivity index (χ3n) is 6.35. The molecule has 0 saturated carbocycles. The third kappa shape index (κ3) is 5.33. The molecule has 1 amide bonds. The molecule has 2 fully saturated rings. The minimum absolute atomic E-state index is 0.0169. The van der Waals surface area contributed by atoms with Crippen LogP contribution in [-0.2, 0) is 11.3 Å². The van der Waals surface area contributed by atoms with Crippen molar-refractivity contribution in [1.29, 1.82) is 0 Å². The van der Waals surface area contributed by atoms with Gasteiger partial charge in [0.15, 0.2) is 0 Å². The van der Waals surface area contributed by atoms with E-state index in [1.54, 1.807) is 6.20 Å². The van der Waals surface area contributed by atoms with E-state index in [0.717, 1.165) is 37.8 Å². The molecule has 7 nitrogen and oxygen atoms in total. The largest absolute Gasteiger partial charge is 0.368 e. The molecule has 2 saturated heterocycles. The highest BCUT2D eigenvalue weighted by molar-refractivity contribution is 5.79. The Labute approximate surface area is 180 Å². The van der Waals surface area contributed by atoms with E-state index < -0.39 is 12.0 Å². The molecule has 1 unspecified atom stereocenters. The third-order valence-corrected chi connectivity index (χ3v) is 6.35. The number of pyridine rings is 1. The Morgan fingerprint density at radius 2 is 1.84 bits per heavy atom. The van der Waals surface area contributed by atoms with Crippen molar-refractivity contribution >= 4 is 11.9 Å². The predicted octanol–water partition coefficient (Wildman–Crippen LogP) is 2.75. The number of piperidine rings is 2. The summed E-state index contributed by atoms with van der Waals surface area (Å²) in [6.45, 7) is 3.49. The fraction of sp³-hybridized carbons (Fsp3) is 0.545. The van der Waals surface area contributed by atoms with Gasteiger partial charge < -0.3 is 10.6 Å². The van der Waals surface area contributed by atoms with Crippen LogP contribution in [0.3, 0.4) is 0 Å². The van der Waals surface area contributed by atoms with E-state index in [0.29, 0.717) is 32.5 Å². The number of halogens is 2. The van der Waals surface area contributed by atoms with E-state index in [2.05, 4.69) is 19.9 Å². The highest BCUT2D eigenvalue weighted by Crippen LogP contribution is 2.34. The number of nitrogen functional groups attached to an aromatic ring is 1. The zero-order valence-corrected chi connectivity index (χ0v) is 17.5. The average Bonchev–Trinajstić information content (AvgIpc) is 2.79. The van der Waals surface area contributed by atoms with E-state index in [-0.39, 0.29) is 29.4 Å². The van der Waals surface area contributed by atoms with Gasteiger partial charge in [-0.2, -0.15) is 0 Å². The highest BCUT2D eigenvalue weighted by Gasteiger charge is 2.34. The van der Waals surface area contributed by atoms with Crippen molar-refractivity contribution in [2.45, 2.75) is 38.4 Å². The van der Waals surface area contributed by atoms with Crippen molar-refractivity contribution < 1.29 is 13.6 Å². The normalized spacial score (nSPS) is 20.0. The molecule has 2 N–H and O–H groups in total. The van der Waals surface area contributed by atoms with Gasteiger partial charge in [0.25, 0.3) is 0 Å². The van der Waals surface area contributed by atoms with Crippen LogP contribution < -0.4 is 5.73 Å². The second kappa shape index (κ2) is 9.64. The van der Waals surface area contributed by atoms with Crippen molar-refractivity contribution in [3.63, 3.8) is 0 Å². The van der Waals surface area contributed by atoms with Crippen LogP contribution in [0.2, 0.25) is 0 Å². The summed E-state index contributed by atoms with van der Waals surface area (Å²) in [5.74, 6) is -0.188. The molecule has 2 aliphatic rings. The summed E-state index contributed by atoms with van der Waals surface area (Å²) in [4.78, 5) is 29.2. The molecule has 2 aliphatic heterocycles. The summed E-state index contributed by atoms with van der Waals surface area (Å²) in [6, 6.07) is 4.50. The fourth-order valence-corrected chi connectivity index (χ4v) is 4.53. The van der Waals surface area contributed by atoms with Gasteiger partial charge in [0.05, 0.1) is 17.6 Å². The molecule has 31 heavy (non-hydrogen) atoms. The number of carbonyl (C=O) groups is 1. The smallest absolute Gasteiger partial charge is 0.225 e. The average molecular weight is 431 g/mol. The van der Waals surface area contributed by atoms with E-state index in [1.165, 1.54) is 12.1 Å². The van der Waals surface area contributed by atoms with Crippen LogP contribution in [0.4, 0.5) is 14.7 Å². The lowest BCUT2D eigenvalue weighted by Crippen LogP contribution is -2.45.